The van der Waals surface area contributed by atoms with Crippen molar-refractivity contribution in [1.82, 2.24) is 5.32 Å². The van der Waals surface area contributed by atoms with Crippen LogP contribution in [0.3, 0.4) is 0 Å². The topological polar surface area (TPSA) is 15.3 Å². The molecule has 2 unspecified atom stereocenters. The lowest BCUT2D eigenvalue weighted by Crippen LogP contribution is -2.40. The van der Waals surface area contributed by atoms with Crippen LogP contribution in [0.25, 0.3) is 0 Å². The zero-order valence-corrected chi connectivity index (χ0v) is 11.2. The van der Waals surface area contributed by atoms with Crippen LogP contribution in [0.15, 0.2) is 24.3 Å². The van der Waals surface area contributed by atoms with E-state index in [-0.39, 0.29) is 0 Å². The van der Waals surface area contributed by atoms with Crippen LogP contribution in [-0.4, -0.2) is 25.7 Å². The molecule has 0 bridgehead atoms. The first-order valence-electron chi connectivity index (χ1n) is 6.75. The molecule has 0 aliphatic carbocycles. The Hall–Kier alpha value is -1.02. The maximum Gasteiger partial charge on any atom is 0.0366 e. The van der Waals surface area contributed by atoms with Crippen LogP contribution < -0.4 is 10.2 Å². The van der Waals surface area contributed by atoms with Gasteiger partial charge in [0.15, 0.2) is 0 Å². The van der Waals surface area contributed by atoms with Gasteiger partial charge < -0.3 is 10.2 Å². The molecule has 1 N–H and O–H groups in total. The Balaban J connectivity index is 2.03. The van der Waals surface area contributed by atoms with Crippen molar-refractivity contribution < 1.29 is 0 Å². The second kappa shape index (κ2) is 5.54. The van der Waals surface area contributed by atoms with Crippen molar-refractivity contribution in [3.63, 3.8) is 0 Å². The Morgan fingerprint density at radius 2 is 2.00 bits per heavy atom. The largest absolute Gasteiger partial charge is 0.370 e. The average Bonchev–Trinajstić information content (AvgIpc) is 2.73. The van der Waals surface area contributed by atoms with E-state index in [0.717, 1.165) is 19.0 Å². The number of hydrogen-bond donors (Lipinski definition) is 1. The van der Waals surface area contributed by atoms with Crippen molar-refractivity contribution in [3.8, 4) is 0 Å². The van der Waals surface area contributed by atoms with Crippen molar-refractivity contribution >= 4 is 5.69 Å². The highest BCUT2D eigenvalue weighted by Gasteiger charge is 2.24. The molecule has 2 heteroatoms. The zero-order chi connectivity index (χ0) is 12.3. The summed E-state index contributed by atoms with van der Waals surface area (Å²) in [6, 6.07) is 9.51. The first kappa shape index (κ1) is 12.4. The highest BCUT2D eigenvalue weighted by Crippen LogP contribution is 2.20. The number of aryl methyl sites for hydroxylation is 1. The quantitative estimate of drug-likeness (QED) is 0.858. The predicted molar refractivity (Wildman–Crippen MR) is 74.6 cm³/mol. The molecule has 1 aromatic carbocycles. The van der Waals surface area contributed by atoms with Crippen LogP contribution >= 0.6 is 0 Å². The minimum Gasteiger partial charge on any atom is -0.370 e. The summed E-state index contributed by atoms with van der Waals surface area (Å²) in [4.78, 5) is 2.47. The minimum atomic E-state index is 0.649. The number of nitrogens with zero attached hydrogens (tertiary/aromatic N) is 1. The van der Waals surface area contributed by atoms with Crippen molar-refractivity contribution in [3.05, 3.63) is 29.8 Å². The van der Waals surface area contributed by atoms with Crippen LogP contribution in [-0.2, 0) is 0 Å². The lowest BCUT2D eigenvalue weighted by molar-refractivity contribution is 0.477. The first-order chi connectivity index (χ1) is 8.20. The number of hydrogen-bond acceptors (Lipinski definition) is 2. The predicted octanol–water partition coefficient (Wildman–Crippen LogP) is 2.82. The van der Waals surface area contributed by atoms with Gasteiger partial charge in [-0.1, -0.05) is 24.6 Å². The van der Waals surface area contributed by atoms with Gasteiger partial charge in [-0.15, -0.1) is 0 Å². The molecule has 1 aliphatic heterocycles. The van der Waals surface area contributed by atoms with Gasteiger partial charge in [-0.2, -0.15) is 0 Å². The third-order valence-electron chi connectivity index (χ3n) is 3.89. The van der Waals surface area contributed by atoms with E-state index in [4.69, 9.17) is 0 Å². The fraction of sp³-hybridized carbons (Fsp3) is 0.600. The lowest BCUT2D eigenvalue weighted by Gasteiger charge is -2.28. The molecule has 1 aliphatic rings. The molecule has 0 amide bonds. The van der Waals surface area contributed by atoms with Gasteiger partial charge in [-0.3, -0.25) is 0 Å². The molecule has 94 valence electrons. The second-order valence-corrected chi connectivity index (χ2v) is 5.20. The van der Waals surface area contributed by atoms with E-state index in [1.165, 1.54) is 24.2 Å². The van der Waals surface area contributed by atoms with Gasteiger partial charge in [0, 0.05) is 24.8 Å². The summed E-state index contributed by atoms with van der Waals surface area (Å²) in [5, 5.41) is 3.61. The van der Waals surface area contributed by atoms with Gasteiger partial charge in [0.25, 0.3) is 0 Å². The monoisotopic (exact) mass is 232 g/mol. The van der Waals surface area contributed by atoms with E-state index in [9.17, 15) is 0 Å². The Morgan fingerprint density at radius 3 is 2.53 bits per heavy atom. The van der Waals surface area contributed by atoms with Crippen molar-refractivity contribution in [1.29, 1.82) is 0 Å². The maximum atomic E-state index is 3.61. The summed E-state index contributed by atoms with van der Waals surface area (Å²) in [5.74, 6) is 0.800. The molecule has 1 heterocycles. The summed E-state index contributed by atoms with van der Waals surface area (Å²) >= 11 is 0. The Labute approximate surface area is 105 Å². The van der Waals surface area contributed by atoms with E-state index in [0.29, 0.717) is 6.04 Å². The van der Waals surface area contributed by atoms with Gasteiger partial charge in [0.05, 0.1) is 0 Å². The van der Waals surface area contributed by atoms with E-state index in [1.54, 1.807) is 0 Å². The fourth-order valence-electron chi connectivity index (χ4n) is 2.55. The highest BCUT2D eigenvalue weighted by atomic mass is 15.2. The molecule has 0 aromatic heterocycles. The van der Waals surface area contributed by atoms with Gasteiger partial charge in [0.1, 0.15) is 0 Å². The van der Waals surface area contributed by atoms with Crippen molar-refractivity contribution in [2.45, 2.75) is 33.2 Å². The number of nitrogens with one attached hydrogen (secondary N) is 1. The van der Waals surface area contributed by atoms with Crippen LogP contribution in [0.5, 0.6) is 0 Å². The number of rotatable bonds is 4. The average molecular weight is 232 g/mol. The molecule has 0 radical (unpaired) electrons. The lowest BCUT2D eigenvalue weighted by atomic mass is 10.0. The molecule has 2 atom stereocenters. The second-order valence-electron chi connectivity index (χ2n) is 5.20. The zero-order valence-electron chi connectivity index (χ0n) is 11.2. The van der Waals surface area contributed by atoms with E-state index < -0.39 is 0 Å². The SMILES string of the molecule is CCN(CC1NCCC1C)c1ccc(C)cc1. The third kappa shape index (κ3) is 3.01. The number of anilines is 1. The minimum absolute atomic E-state index is 0.649. The molecule has 0 spiro atoms. The third-order valence-corrected chi connectivity index (χ3v) is 3.89. The van der Waals surface area contributed by atoms with Crippen LogP contribution in [0.1, 0.15) is 25.8 Å². The first-order valence-corrected chi connectivity index (χ1v) is 6.75. The molecule has 1 aromatic rings. The maximum absolute atomic E-state index is 3.61. The molecular formula is C15H24N2. The molecule has 2 rings (SSSR count). The Morgan fingerprint density at radius 1 is 1.29 bits per heavy atom. The van der Waals surface area contributed by atoms with Gasteiger partial charge >= 0.3 is 0 Å². The van der Waals surface area contributed by atoms with E-state index in [2.05, 4.69) is 55.3 Å². The highest BCUT2D eigenvalue weighted by molar-refractivity contribution is 5.47. The molecule has 17 heavy (non-hydrogen) atoms. The van der Waals surface area contributed by atoms with Crippen molar-refractivity contribution in [2.75, 3.05) is 24.5 Å². The number of benzene rings is 1. The van der Waals surface area contributed by atoms with Crippen LogP contribution in [0.2, 0.25) is 0 Å². The molecule has 2 nitrogen and oxygen atoms in total. The van der Waals surface area contributed by atoms with Crippen LogP contribution in [0.4, 0.5) is 5.69 Å². The van der Waals surface area contributed by atoms with Crippen LogP contribution in [0, 0.1) is 12.8 Å². The number of likely N-dealkylation sites (N-methyl/N-ethyl adjacent to an activating group) is 1. The summed E-state index contributed by atoms with van der Waals surface area (Å²) in [7, 11) is 0. The molecular weight excluding hydrogens is 208 g/mol. The standard InChI is InChI=1S/C15H24N2/c1-4-17(11-15-13(3)9-10-16-15)14-7-5-12(2)6-8-14/h5-8,13,15-16H,4,9-11H2,1-3H3. The van der Waals surface area contributed by atoms with Gasteiger partial charge in [-0.05, 0) is 44.9 Å². The van der Waals surface area contributed by atoms with Gasteiger partial charge in [-0.25, -0.2) is 0 Å². The van der Waals surface area contributed by atoms with Gasteiger partial charge in [0.2, 0.25) is 0 Å². The Kier molecular flexibility index (Phi) is 4.06. The smallest absolute Gasteiger partial charge is 0.0366 e. The fourth-order valence-corrected chi connectivity index (χ4v) is 2.55. The van der Waals surface area contributed by atoms with E-state index in [1.807, 2.05) is 0 Å². The molecule has 1 fully saturated rings. The van der Waals surface area contributed by atoms with Crippen molar-refractivity contribution in [2.24, 2.45) is 5.92 Å². The summed E-state index contributed by atoms with van der Waals surface area (Å²) < 4.78 is 0. The van der Waals surface area contributed by atoms with E-state index >= 15 is 0 Å². The normalized spacial score (nSPS) is 23.9. The summed E-state index contributed by atoms with van der Waals surface area (Å²) in [5.41, 5.74) is 2.68. The molecule has 1 saturated heterocycles. The summed E-state index contributed by atoms with van der Waals surface area (Å²) in [6.45, 7) is 10.1. The summed E-state index contributed by atoms with van der Waals surface area (Å²) in [6.07, 6.45) is 1.32. The molecule has 0 saturated carbocycles. The Bertz CT molecular complexity index is 344.